The van der Waals surface area contributed by atoms with Crippen molar-refractivity contribution in [3.8, 4) is 11.8 Å². The van der Waals surface area contributed by atoms with Gasteiger partial charge in [-0.1, -0.05) is 24.0 Å². The summed E-state index contributed by atoms with van der Waals surface area (Å²) in [6.07, 6.45) is -0.578. The summed E-state index contributed by atoms with van der Waals surface area (Å²) < 4.78 is 0. The van der Waals surface area contributed by atoms with Crippen LogP contribution in [0.25, 0.3) is 0 Å². The van der Waals surface area contributed by atoms with Crippen molar-refractivity contribution in [2.75, 3.05) is 0 Å². The summed E-state index contributed by atoms with van der Waals surface area (Å²) in [6.45, 7) is 2.98. The van der Waals surface area contributed by atoms with Crippen LogP contribution < -0.4 is 16.2 Å². The van der Waals surface area contributed by atoms with Gasteiger partial charge in [0.1, 0.15) is 5.60 Å². The lowest BCUT2D eigenvalue weighted by Crippen LogP contribution is -2.49. The SMILES string of the molecule is CC(C)(O)C#Cc1ccccc1C(=O)N[C@@H](CC(N)=O)C(=O)[O-]. The lowest BCUT2D eigenvalue weighted by atomic mass is 10.0. The normalized spacial score (nSPS) is 11.8. The van der Waals surface area contributed by atoms with Crippen LogP contribution in [-0.4, -0.2) is 34.5 Å². The van der Waals surface area contributed by atoms with Gasteiger partial charge in [0.2, 0.25) is 5.91 Å². The molecular formula is C16H17N2O5-. The van der Waals surface area contributed by atoms with Gasteiger partial charge in [-0.2, -0.15) is 0 Å². The van der Waals surface area contributed by atoms with Gasteiger partial charge in [-0.05, 0) is 26.0 Å². The summed E-state index contributed by atoms with van der Waals surface area (Å²) in [7, 11) is 0. The Labute approximate surface area is 133 Å². The molecule has 0 fully saturated rings. The Kier molecular flexibility index (Phi) is 5.87. The predicted molar refractivity (Wildman–Crippen MR) is 79.7 cm³/mol. The predicted octanol–water partition coefficient (Wildman–Crippen LogP) is -1.47. The first-order chi connectivity index (χ1) is 10.6. The molecule has 7 heteroatoms. The van der Waals surface area contributed by atoms with Gasteiger partial charge in [-0.15, -0.1) is 0 Å². The number of nitrogens with two attached hydrogens (primary N) is 1. The molecule has 0 aliphatic rings. The Morgan fingerprint density at radius 2 is 1.96 bits per heavy atom. The van der Waals surface area contributed by atoms with Crippen molar-refractivity contribution in [1.29, 1.82) is 0 Å². The van der Waals surface area contributed by atoms with E-state index < -0.39 is 35.8 Å². The number of nitrogens with one attached hydrogen (secondary N) is 1. The number of hydrogen-bond acceptors (Lipinski definition) is 5. The van der Waals surface area contributed by atoms with E-state index in [9.17, 15) is 24.6 Å². The number of aliphatic hydroxyl groups is 1. The first-order valence-electron chi connectivity index (χ1n) is 6.75. The summed E-state index contributed by atoms with van der Waals surface area (Å²) in [6, 6.07) is 4.68. The molecule has 1 rings (SSSR count). The minimum atomic E-state index is -1.61. The standard InChI is InChI=1S/C16H18N2O5/c1-16(2,23)8-7-10-5-3-4-6-11(10)14(20)18-12(15(21)22)9-13(17)19/h3-6,12,23H,9H2,1-2H3,(H2,17,19)(H,18,20)(H,21,22)/p-1/t12-/m0/s1. The molecule has 0 saturated carbocycles. The number of rotatable bonds is 5. The minimum absolute atomic E-state index is 0.111. The van der Waals surface area contributed by atoms with Gasteiger partial charge < -0.3 is 26.1 Å². The average molecular weight is 317 g/mol. The second kappa shape index (κ2) is 7.42. The Morgan fingerprint density at radius 1 is 1.35 bits per heavy atom. The van der Waals surface area contributed by atoms with E-state index in [1.807, 2.05) is 0 Å². The Morgan fingerprint density at radius 3 is 2.48 bits per heavy atom. The number of aliphatic carboxylic acids is 1. The van der Waals surface area contributed by atoms with Gasteiger partial charge in [0, 0.05) is 5.56 Å². The number of carboxylic acid groups (broad SMARTS) is 1. The molecule has 122 valence electrons. The monoisotopic (exact) mass is 317 g/mol. The Balaban J connectivity index is 3.06. The van der Waals surface area contributed by atoms with E-state index in [4.69, 9.17) is 5.73 Å². The molecule has 4 N–H and O–H groups in total. The van der Waals surface area contributed by atoms with Crippen LogP contribution in [0.15, 0.2) is 24.3 Å². The molecule has 0 saturated heterocycles. The van der Waals surface area contributed by atoms with Crippen LogP contribution >= 0.6 is 0 Å². The van der Waals surface area contributed by atoms with Crippen molar-refractivity contribution in [3.63, 3.8) is 0 Å². The van der Waals surface area contributed by atoms with Crippen LogP contribution in [-0.2, 0) is 9.59 Å². The third kappa shape index (κ3) is 6.20. The average Bonchev–Trinajstić information content (AvgIpc) is 2.43. The van der Waals surface area contributed by atoms with E-state index >= 15 is 0 Å². The second-order valence-electron chi connectivity index (χ2n) is 5.37. The summed E-state index contributed by atoms with van der Waals surface area (Å²) in [5.74, 6) is 2.00. The van der Waals surface area contributed by atoms with Crippen molar-refractivity contribution < 1.29 is 24.6 Å². The smallest absolute Gasteiger partial charge is 0.253 e. The maximum Gasteiger partial charge on any atom is 0.253 e. The molecule has 0 bridgehead atoms. The van der Waals surface area contributed by atoms with Crippen LogP contribution in [0.5, 0.6) is 0 Å². The highest BCUT2D eigenvalue weighted by Gasteiger charge is 2.18. The molecule has 0 heterocycles. The van der Waals surface area contributed by atoms with Crippen molar-refractivity contribution in [2.45, 2.75) is 31.9 Å². The molecule has 0 spiro atoms. The molecule has 0 aliphatic carbocycles. The molecule has 23 heavy (non-hydrogen) atoms. The fraction of sp³-hybridized carbons (Fsp3) is 0.312. The summed E-state index contributed by atoms with van der Waals surface area (Å²) >= 11 is 0. The van der Waals surface area contributed by atoms with Crippen LogP contribution in [0, 0.1) is 11.8 Å². The first kappa shape index (κ1) is 18.2. The van der Waals surface area contributed by atoms with E-state index in [1.54, 1.807) is 18.2 Å². The van der Waals surface area contributed by atoms with E-state index in [-0.39, 0.29) is 5.56 Å². The zero-order chi connectivity index (χ0) is 17.6. The fourth-order valence-electron chi connectivity index (χ4n) is 1.64. The molecule has 1 atom stereocenters. The molecule has 0 radical (unpaired) electrons. The minimum Gasteiger partial charge on any atom is -0.548 e. The van der Waals surface area contributed by atoms with E-state index in [2.05, 4.69) is 17.2 Å². The second-order valence-corrected chi connectivity index (χ2v) is 5.37. The number of carbonyl (C=O) groups is 3. The Hall–Kier alpha value is -2.85. The van der Waals surface area contributed by atoms with Crippen LogP contribution in [0.2, 0.25) is 0 Å². The zero-order valence-corrected chi connectivity index (χ0v) is 12.8. The Bertz CT molecular complexity index is 680. The summed E-state index contributed by atoms with van der Waals surface area (Å²) in [5.41, 5.74) is 4.11. The van der Waals surface area contributed by atoms with Crippen LogP contribution in [0.3, 0.4) is 0 Å². The summed E-state index contributed by atoms with van der Waals surface area (Å²) in [4.78, 5) is 34.0. The number of carbonyl (C=O) groups excluding carboxylic acids is 3. The maximum atomic E-state index is 12.2. The van der Waals surface area contributed by atoms with E-state index in [0.717, 1.165) is 0 Å². The van der Waals surface area contributed by atoms with Crippen molar-refractivity contribution >= 4 is 17.8 Å². The topological polar surface area (TPSA) is 133 Å². The molecule has 7 nitrogen and oxygen atoms in total. The summed E-state index contributed by atoms with van der Waals surface area (Å²) in [5, 5.41) is 22.7. The number of amides is 2. The number of benzene rings is 1. The van der Waals surface area contributed by atoms with E-state index in [1.165, 1.54) is 19.9 Å². The lowest BCUT2D eigenvalue weighted by molar-refractivity contribution is -0.308. The maximum absolute atomic E-state index is 12.2. The van der Waals surface area contributed by atoms with Crippen LogP contribution in [0.4, 0.5) is 0 Å². The third-order valence-corrected chi connectivity index (χ3v) is 2.67. The van der Waals surface area contributed by atoms with Gasteiger partial charge in [0.05, 0.1) is 24.0 Å². The van der Waals surface area contributed by atoms with Gasteiger partial charge >= 0.3 is 0 Å². The highest BCUT2D eigenvalue weighted by Crippen LogP contribution is 2.09. The zero-order valence-electron chi connectivity index (χ0n) is 12.8. The van der Waals surface area contributed by atoms with Crippen molar-refractivity contribution in [2.24, 2.45) is 5.73 Å². The number of hydrogen-bond donors (Lipinski definition) is 3. The fourth-order valence-corrected chi connectivity index (χ4v) is 1.64. The van der Waals surface area contributed by atoms with Gasteiger partial charge in [0.15, 0.2) is 0 Å². The van der Waals surface area contributed by atoms with Gasteiger partial charge in [-0.3, -0.25) is 9.59 Å². The number of carboxylic acids is 1. The molecule has 2 amide bonds. The molecular weight excluding hydrogens is 300 g/mol. The quantitative estimate of drug-likeness (QED) is 0.570. The van der Waals surface area contributed by atoms with E-state index in [0.29, 0.717) is 5.56 Å². The molecule has 0 aromatic heterocycles. The molecule has 0 aliphatic heterocycles. The molecule has 1 aromatic carbocycles. The van der Waals surface area contributed by atoms with Gasteiger partial charge in [0.25, 0.3) is 5.91 Å². The number of primary amides is 1. The highest BCUT2D eigenvalue weighted by molar-refractivity contribution is 5.99. The van der Waals surface area contributed by atoms with Crippen molar-refractivity contribution in [1.82, 2.24) is 5.32 Å². The largest absolute Gasteiger partial charge is 0.548 e. The first-order valence-corrected chi connectivity index (χ1v) is 6.75. The highest BCUT2D eigenvalue weighted by atomic mass is 16.4. The lowest BCUT2D eigenvalue weighted by Gasteiger charge is -2.18. The van der Waals surface area contributed by atoms with Crippen LogP contribution in [0.1, 0.15) is 36.2 Å². The molecule has 1 aromatic rings. The third-order valence-electron chi connectivity index (χ3n) is 2.67. The molecule has 0 unspecified atom stereocenters. The van der Waals surface area contributed by atoms with Crippen molar-refractivity contribution in [3.05, 3.63) is 35.4 Å². The van der Waals surface area contributed by atoms with Gasteiger partial charge in [-0.25, -0.2) is 0 Å².